The largest absolute Gasteiger partial charge is 0.416 e. The van der Waals surface area contributed by atoms with Crippen LogP contribution in [0.2, 0.25) is 8.67 Å². The van der Waals surface area contributed by atoms with Gasteiger partial charge in [0, 0.05) is 10.6 Å². The summed E-state index contributed by atoms with van der Waals surface area (Å²) in [5, 5.41) is 0. The van der Waals surface area contributed by atoms with Crippen LogP contribution in [0.15, 0.2) is 29.2 Å². The van der Waals surface area contributed by atoms with Gasteiger partial charge in [0.2, 0.25) is 0 Å². The van der Waals surface area contributed by atoms with Crippen LogP contribution < -0.4 is 0 Å². The molecule has 0 spiro atoms. The van der Waals surface area contributed by atoms with Gasteiger partial charge in [0.1, 0.15) is 0 Å². The number of halogens is 8. The van der Waals surface area contributed by atoms with Gasteiger partial charge >= 0.3 is 12.4 Å². The molecule has 2 aromatic rings. The molecule has 23 heavy (non-hydrogen) atoms. The van der Waals surface area contributed by atoms with Crippen molar-refractivity contribution in [3.05, 3.63) is 49.6 Å². The molecule has 0 aliphatic rings. The highest BCUT2D eigenvalue weighted by Gasteiger charge is 2.36. The summed E-state index contributed by atoms with van der Waals surface area (Å²) in [6.07, 6.45) is -9.72. The van der Waals surface area contributed by atoms with Crippen LogP contribution in [0.3, 0.4) is 0 Å². The molecule has 0 radical (unpaired) electrons. The van der Waals surface area contributed by atoms with Gasteiger partial charge in [-0.3, -0.25) is 0 Å². The zero-order valence-corrected chi connectivity index (χ0v) is 14.0. The van der Waals surface area contributed by atoms with E-state index in [1.165, 1.54) is 6.07 Å². The lowest BCUT2D eigenvalue weighted by atomic mass is 10.1. The van der Waals surface area contributed by atoms with Gasteiger partial charge in [-0.15, -0.1) is 23.1 Å². The van der Waals surface area contributed by atoms with E-state index < -0.39 is 23.5 Å². The molecular weight excluding hydrogens is 405 g/mol. The molecule has 0 bridgehead atoms. The SMILES string of the molecule is FC(F)(F)c1cc(SCc2cc(Cl)sc2Cl)cc(C(F)(F)F)c1. The maximum atomic E-state index is 12.8. The van der Waals surface area contributed by atoms with Crippen LogP contribution in [0.1, 0.15) is 16.7 Å². The second-order valence-electron chi connectivity index (χ2n) is 4.38. The summed E-state index contributed by atoms with van der Waals surface area (Å²) in [5.74, 6) is 0.112. The van der Waals surface area contributed by atoms with Gasteiger partial charge in [0.15, 0.2) is 0 Å². The van der Waals surface area contributed by atoms with Gasteiger partial charge in [-0.2, -0.15) is 26.3 Å². The molecule has 0 atom stereocenters. The van der Waals surface area contributed by atoms with E-state index in [2.05, 4.69) is 0 Å². The van der Waals surface area contributed by atoms with Crippen molar-refractivity contribution >= 4 is 46.3 Å². The molecule has 2 rings (SSSR count). The summed E-state index contributed by atoms with van der Waals surface area (Å²) in [4.78, 5) is -0.148. The number of hydrogen-bond acceptors (Lipinski definition) is 2. The van der Waals surface area contributed by atoms with Gasteiger partial charge in [0.25, 0.3) is 0 Å². The van der Waals surface area contributed by atoms with E-state index in [-0.39, 0.29) is 16.7 Å². The molecule has 10 heteroatoms. The molecule has 0 saturated carbocycles. The van der Waals surface area contributed by atoms with Crippen LogP contribution in [0.4, 0.5) is 26.3 Å². The highest BCUT2D eigenvalue weighted by molar-refractivity contribution is 7.98. The third-order valence-corrected chi connectivity index (χ3v) is 5.28. The molecular formula is C13H6Cl2F6S2. The first-order valence-corrected chi connectivity index (χ1v) is 8.38. The van der Waals surface area contributed by atoms with Crippen LogP contribution in [0.25, 0.3) is 0 Å². The average Bonchev–Trinajstić information content (AvgIpc) is 2.72. The van der Waals surface area contributed by atoms with Crippen molar-refractivity contribution in [1.29, 1.82) is 0 Å². The molecule has 126 valence electrons. The predicted octanol–water partition coefficient (Wildman–Crippen LogP) is 7.38. The Labute approximate surface area is 145 Å². The molecule has 0 unspecified atom stereocenters. The Hall–Kier alpha value is -0.570. The second-order valence-corrected chi connectivity index (χ2v) is 7.71. The lowest BCUT2D eigenvalue weighted by Crippen LogP contribution is -2.10. The molecule has 0 nitrogen and oxygen atoms in total. The van der Waals surface area contributed by atoms with Crippen molar-refractivity contribution in [2.45, 2.75) is 23.0 Å². The van der Waals surface area contributed by atoms with Crippen LogP contribution in [0.5, 0.6) is 0 Å². The Morgan fingerprint density at radius 3 is 1.78 bits per heavy atom. The van der Waals surface area contributed by atoms with E-state index in [4.69, 9.17) is 23.2 Å². The summed E-state index contributed by atoms with van der Waals surface area (Å²) in [6, 6.07) is 2.99. The Morgan fingerprint density at radius 2 is 1.39 bits per heavy atom. The molecule has 1 aromatic carbocycles. The van der Waals surface area contributed by atoms with Crippen molar-refractivity contribution in [1.82, 2.24) is 0 Å². The van der Waals surface area contributed by atoms with Gasteiger partial charge in [-0.1, -0.05) is 23.2 Å². The maximum absolute atomic E-state index is 12.8. The normalized spacial score (nSPS) is 12.7. The van der Waals surface area contributed by atoms with Crippen LogP contribution in [0, 0.1) is 0 Å². The third kappa shape index (κ3) is 4.95. The van der Waals surface area contributed by atoms with Gasteiger partial charge in [0.05, 0.1) is 19.8 Å². The quantitative estimate of drug-likeness (QED) is 0.375. The van der Waals surface area contributed by atoms with E-state index in [1.54, 1.807) is 0 Å². The van der Waals surface area contributed by atoms with Gasteiger partial charge in [-0.25, -0.2) is 0 Å². The minimum Gasteiger partial charge on any atom is -0.166 e. The third-order valence-electron chi connectivity index (χ3n) is 2.68. The number of thiophene rings is 1. The average molecular weight is 411 g/mol. The number of rotatable bonds is 3. The van der Waals surface area contributed by atoms with E-state index in [1.807, 2.05) is 0 Å². The number of alkyl halides is 6. The minimum atomic E-state index is -4.86. The smallest absolute Gasteiger partial charge is 0.166 e. The molecule has 0 fully saturated rings. The molecule has 0 N–H and O–H groups in total. The van der Waals surface area contributed by atoms with Crippen molar-refractivity contribution in [3.63, 3.8) is 0 Å². The topological polar surface area (TPSA) is 0 Å². The van der Waals surface area contributed by atoms with E-state index in [0.717, 1.165) is 23.1 Å². The number of hydrogen-bond donors (Lipinski definition) is 0. The summed E-state index contributed by atoms with van der Waals surface area (Å²) >= 11 is 13.5. The summed E-state index contributed by atoms with van der Waals surface area (Å²) in [6.45, 7) is 0. The molecule has 1 heterocycles. The number of thioether (sulfide) groups is 1. The first-order chi connectivity index (χ1) is 10.5. The standard InChI is InChI=1S/C13H6Cl2F6S2/c14-10-1-6(11(15)23-10)5-22-9-3-7(12(16,17)18)2-8(4-9)13(19,20)21/h1-4H,5H2. The van der Waals surface area contributed by atoms with Crippen molar-refractivity contribution in [2.75, 3.05) is 0 Å². The summed E-state index contributed by atoms with van der Waals surface area (Å²) in [7, 11) is 0. The fourth-order valence-electron chi connectivity index (χ4n) is 1.64. The van der Waals surface area contributed by atoms with E-state index >= 15 is 0 Å². The van der Waals surface area contributed by atoms with Gasteiger partial charge in [-0.05, 0) is 29.8 Å². The minimum absolute atomic E-state index is 0.0957. The molecule has 0 aliphatic heterocycles. The molecule has 0 amide bonds. The van der Waals surface area contributed by atoms with Gasteiger partial charge < -0.3 is 0 Å². The first-order valence-electron chi connectivity index (χ1n) is 5.83. The van der Waals surface area contributed by atoms with Crippen molar-refractivity contribution < 1.29 is 26.3 Å². The van der Waals surface area contributed by atoms with Crippen LogP contribution >= 0.6 is 46.3 Å². The highest BCUT2D eigenvalue weighted by atomic mass is 35.5. The van der Waals surface area contributed by atoms with E-state index in [9.17, 15) is 26.3 Å². The molecule has 0 saturated heterocycles. The summed E-state index contributed by atoms with van der Waals surface area (Å²) in [5.41, 5.74) is -2.13. The highest BCUT2D eigenvalue weighted by Crippen LogP contribution is 2.40. The zero-order valence-electron chi connectivity index (χ0n) is 10.9. The van der Waals surface area contributed by atoms with Crippen molar-refractivity contribution in [3.8, 4) is 0 Å². The first kappa shape index (κ1) is 18.8. The Morgan fingerprint density at radius 1 is 0.870 bits per heavy atom. The predicted molar refractivity (Wildman–Crippen MR) is 80.3 cm³/mol. The zero-order chi connectivity index (χ0) is 17.4. The lowest BCUT2D eigenvalue weighted by molar-refractivity contribution is -0.143. The number of benzene rings is 1. The molecule has 1 aromatic heterocycles. The van der Waals surface area contributed by atoms with Crippen molar-refractivity contribution in [2.24, 2.45) is 0 Å². The Bertz CT molecular complexity index is 673. The second kappa shape index (κ2) is 6.74. The van der Waals surface area contributed by atoms with E-state index in [0.29, 0.717) is 26.4 Å². The maximum Gasteiger partial charge on any atom is 0.416 e. The Kier molecular flexibility index (Phi) is 5.50. The fourth-order valence-corrected chi connectivity index (χ4v) is 4.27. The van der Waals surface area contributed by atoms with Crippen LogP contribution in [-0.2, 0) is 18.1 Å². The Balaban J connectivity index is 2.32. The summed E-state index contributed by atoms with van der Waals surface area (Å²) < 4.78 is 77.3. The lowest BCUT2D eigenvalue weighted by Gasteiger charge is -2.14. The fraction of sp³-hybridized carbons (Fsp3) is 0.231. The van der Waals surface area contributed by atoms with Crippen LogP contribution in [-0.4, -0.2) is 0 Å². The monoisotopic (exact) mass is 410 g/mol. The molecule has 0 aliphatic carbocycles.